The molecule has 0 aromatic rings. The first kappa shape index (κ1) is 59.6. The Morgan fingerprint density at radius 3 is 1.41 bits per heavy atom. The number of rotatable bonds is 44. The van der Waals surface area contributed by atoms with E-state index < -0.39 is 74.2 Å². The Kier molecular flexibility index (Phi) is 39.7. The SMILES string of the molecule is CCCCCCCCCCCC/C=C/CC/C=C/CCCC(O)C(O)C(COC1OC(CO)C(O)C(O)C1O)NC(=O)C(O)CCCCCCCCCCCCCCCCCCC. The number of aliphatic hydroxyl groups is 7. The molecular formula is C52H99NO10. The summed E-state index contributed by atoms with van der Waals surface area (Å²) < 4.78 is 11.1. The second-order valence-electron chi connectivity index (χ2n) is 18.6. The van der Waals surface area contributed by atoms with Crippen molar-refractivity contribution in [3.8, 4) is 0 Å². The lowest BCUT2D eigenvalue weighted by atomic mass is 9.98. The van der Waals surface area contributed by atoms with Crippen LogP contribution in [0.1, 0.15) is 232 Å². The summed E-state index contributed by atoms with van der Waals surface area (Å²) in [5, 5.41) is 75.9. The highest BCUT2D eigenvalue weighted by Crippen LogP contribution is 2.23. The first-order valence-corrected chi connectivity index (χ1v) is 26.2. The van der Waals surface area contributed by atoms with Crippen LogP contribution in [0.15, 0.2) is 24.3 Å². The third kappa shape index (κ3) is 31.2. The van der Waals surface area contributed by atoms with Gasteiger partial charge in [0.2, 0.25) is 5.91 Å². The van der Waals surface area contributed by atoms with E-state index in [0.29, 0.717) is 19.3 Å². The highest BCUT2D eigenvalue weighted by atomic mass is 16.7. The van der Waals surface area contributed by atoms with E-state index in [1.165, 1.54) is 148 Å². The van der Waals surface area contributed by atoms with Gasteiger partial charge in [-0.2, -0.15) is 0 Å². The van der Waals surface area contributed by atoms with Gasteiger partial charge in [0.05, 0.1) is 25.4 Å². The van der Waals surface area contributed by atoms with E-state index in [9.17, 15) is 40.5 Å². The molecule has 1 rings (SSSR count). The van der Waals surface area contributed by atoms with Crippen LogP contribution in [-0.2, 0) is 14.3 Å². The third-order valence-electron chi connectivity index (χ3n) is 12.7. The number of ether oxygens (including phenoxy) is 2. The molecule has 1 heterocycles. The zero-order valence-corrected chi connectivity index (χ0v) is 40.3. The van der Waals surface area contributed by atoms with E-state index >= 15 is 0 Å². The molecule has 0 saturated carbocycles. The molecular weight excluding hydrogens is 799 g/mol. The molecule has 1 fully saturated rings. The zero-order valence-electron chi connectivity index (χ0n) is 40.3. The lowest BCUT2D eigenvalue weighted by molar-refractivity contribution is -0.303. The van der Waals surface area contributed by atoms with Gasteiger partial charge in [0, 0.05) is 0 Å². The summed E-state index contributed by atoms with van der Waals surface area (Å²) in [4.78, 5) is 13.1. The van der Waals surface area contributed by atoms with Crippen LogP contribution in [0, 0.1) is 0 Å². The minimum Gasteiger partial charge on any atom is -0.394 e. The smallest absolute Gasteiger partial charge is 0.249 e. The van der Waals surface area contributed by atoms with Crippen molar-refractivity contribution < 1.29 is 50.0 Å². The topological polar surface area (TPSA) is 189 Å². The van der Waals surface area contributed by atoms with Crippen LogP contribution in [0.5, 0.6) is 0 Å². The van der Waals surface area contributed by atoms with Crippen LogP contribution >= 0.6 is 0 Å². The van der Waals surface area contributed by atoms with E-state index in [0.717, 1.165) is 38.5 Å². The van der Waals surface area contributed by atoms with Crippen LogP contribution < -0.4 is 5.32 Å². The van der Waals surface area contributed by atoms with Crippen molar-refractivity contribution in [2.75, 3.05) is 13.2 Å². The fourth-order valence-corrected chi connectivity index (χ4v) is 8.40. The minimum atomic E-state index is -1.67. The molecule has 0 aromatic heterocycles. The highest BCUT2D eigenvalue weighted by Gasteiger charge is 2.44. The van der Waals surface area contributed by atoms with Gasteiger partial charge in [0.1, 0.15) is 36.6 Å². The van der Waals surface area contributed by atoms with Gasteiger partial charge in [-0.3, -0.25) is 4.79 Å². The molecule has 63 heavy (non-hydrogen) atoms. The summed E-state index contributed by atoms with van der Waals surface area (Å²) in [5.74, 6) is -0.708. The first-order chi connectivity index (χ1) is 30.7. The Bertz CT molecular complexity index is 1080. The summed E-state index contributed by atoms with van der Waals surface area (Å²) in [6.07, 6.45) is 36.5. The van der Waals surface area contributed by atoms with Gasteiger partial charge in [-0.05, 0) is 51.4 Å². The van der Waals surface area contributed by atoms with Crippen molar-refractivity contribution in [3.05, 3.63) is 24.3 Å². The first-order valence-electron chi connectivity index (χ1n) is 26.2. The summed E-state index contributed by atoms with van der Waals surface area (Å²) in [7, 11) is 0. The lowest BCUT2D eigenvalue weighted by Gasteiger charge is -2.40. The third-order valence-corrected chi connectivity index (χ3v) is 12.7. The van der Waals surface area contributed by atoms with Crippen molar-refractivity contribution in [1.29, 1.82) is 0 Å². The molecule has 372 valence electrons. The van der Waals surface area contributed by atoms with Crippen LogP contribution in [0.3, 0.4) is 0 Å². The van der Waals surface area contributed by atoms with Crippen LogP contribution in [0.4, 0.5) is 0 Å². The van der Waals surface area contributed by atoms with Gasteiger partial charge in [0.25, 0.3) is 0 Å². The molecule has 1 aliphatic rings. The van der Waals surface area contributed by atoms with E-state index in [4.69, 9.17) is 9.47 Å². The van der Waals surface area contributed by atoms with Crippen molar-refractivity contribution in [3.63, 3.8) is 0 Å². The van der Waals surface area contributed by atoms with Gasteiger partial charge >= 0.3 is 0 Å². The maximum absolute atomic E-state index is 13.1. The van der Waals surface area contributed by atoms with E-state index in [2.05, 4.69) is 43.5 Å². The standard InChI is InChI=1S/C52H99NO10/c1-3-5-7-9-11-13-15-17-19-21-22-24-25-27-29-31-33-35-37-39-44(55)47(57)43(42-62-52-50(60)49(59)48(58)46(41-54)63-52)53-51(61)45(56)40-38-36-34-32-30-28-26-23-20-18-16-14-12-10-8-6-4-2/h24-25,31,33,43-50,52,54-60H,3-23,26-30,32,34-42H2,1-2H3,(H,53,61)/b25-24+,33-31+. The maximum atomic E-state index is 13.1. The largest absolute Gasteiger partial charge is 0.394 e. The molecule has 0 bridgehead atoms. The average Bonchev–Trinajstić information content (AvgIpc) is 3.28. The molecule has 0 aromatic carbocycles. The van der Waals surface area contributed by atoms with Crippen LogP contribution in [0.25, 0.3) is 0 Å². The fraction of sp³-hybridized carbons (Fsp3) is 0.904. The molecule has 11 heteroatoms. The molecule has 1 saturated heterocycles. The Hall–Kier alpha value is -1.41. The fourth-order valence-electron chi connectivity index (χ4n) is 8.40. The van der Waals surface area contributed by atoms with Crippen molar-refractivity contribution in [2.45, 2.75) is 287 Å². The Balaban J connectivity index is 2.41. The van der Waals surface area contributed by atoms with Crippen molar-refractivity contribution in [2.24, 2.45) is 0 Å². The van der Waals surface area contributed by atoms with E-state index in [1.807, 2.05) is 0 Å². The lowest BCUT2D eigenvalue weighted by Crippen LogP contribution is -2.60. The summed E-state index contributed by atoms with van der Waals surface area (Å²) in [6.45, 7) is 3.44. The van der Waals surface area contributed by atoms with Crippen LogP contribution in [0.2, 0.25) is 0 Å². The molecule has 9 unspecified atom stereocenters. The summed E-state index contributed by atoms with van der Waals surface area (Å²) in [5.41, 5.74) is 0. The average molecular weight is 898 g/mol. The quantitative estimate of drug-likeness (QED) is 0.0216. The molecule has 0 aliphatic carbocycles. The van der Waals surface area contributed by atoms with Gasteiger partial charge in [0.15, 0.2) is 6.29 Å². The van der Waals surface area contributed by atoms with Crippen LogP contribution in [-0.4, -0.2) is 110 Å². The highest BCUT2D eigenvalue weighted by molar-refractivity contribution is 5.80. The van der Waals surface area contributed by atoms with Gasteiger partial charge in [-0.1, -0.05) is 205 Å². The van der Waals surface area contributed by atoms with E-state index in [-0.39, 0.29) is 12.8 Å². The number of carbonyl (C=O) groups is 1. The molecule has 0 spiro atoms. The molecule has 11 nitrogen and oxygen atoms in total. The molecule has 0 radical (unpaired) electrons. The Morgan fingerprint density at radius 1 is 0.540 bits per heavy atom. The van der Waals surface area contributed by atoms with Crippen molar-refractivity contribution >= 4 is 5.91 Å². The number of hydrogen-bond acceptors (Lipinski definition) is 10. The predicted octanol–water partition coefficient (Wildman–Crippen LogP) is 9.79. The molecule has 1 amide bonds. The molecule has 9 atom stereocenters. The number of aliphatic hydroxyl groups excluding tert-OH is 7. The minimum absolute atomic E-state index is 0.249. The number of hydrogen-bond donors (Lipinski definition) is 8. The van der Waals surface area contributed by atoms with Gasteiger partial charge in [-0.15, -0.1) is 0 Å². The second-order valence-corrected chi connectivity index (χ2v) is 18.6. The number of allylic oxidation sites excluding steroid dienone is 4. The normalized spacial score (nSPS) is 21.3. The van der Waals surface area contributed by atoms with Gasteiger partial charge < -0.3 is 50.5 Å². The Labute approximate surface area is 384 Å². The summed E-state index contributed by atoms with van der Waals surface area (Å²) in [6, 6.07) is -1.19. The Morgan fingerprint density at radius 2 is 0.952 bits per heavy atom. The number of carbonyl (C=O) groups excluding carboxylic acids is 1. The second kappa shape index (κ2) is 42.0. The number of amides is 1. The maximum Gasteiger partial charge on any atom is 0.249 e. The monoisotopic (exact) mass is 898 g/mol. The molecule has 1 aliphatic heterocycles. The van der Waals surface area contributed by atoms with Crippen molar-refractivity contribution in [1.82, 2.24) is 5.32 Å². The van der Waals surface area contributed by atoms with Gasteiger partial charge in [-0.25, -0.2) is 0 Å². The number of nitrogens with one attached hydrogen (secondary N) is 1. The van der Waals surface area contributed by atoms with E-state index in [1.54, 1.807) is 0 Å². The number of unbranched alkanes of at least 4 members (excludes halogenated alkanes) is 28. The predicted molar refractivity (Wildman–Crippen MR) is 256 cm³/mol. The summed E-state index contributed by atoms with van der Waals surface area (Å²) >= 11 is 0. The zero-order chi connectivity index (χ0) is 46.2. The molecule has 8 N–H and O–H groups in total.